The maximum absolute atomic E-state index is 12.9. The number of carbonyl (C=O) groups is 3. The van der Waals surface area contributed by atoms with Crippen molar-refractivity contribution in [3.05, 3.63) is 77.9 Å². The third-order valence-corrected chi connectivity index (χ3v) is 5.91. The molecule has 2 aromatic rings. The zero-order chi connectivity index (χ0) is 23.8. The van der Waals surface area contributed by atoms with Gasteiger partial charge in [0.2, 0.25) is 5.91 Å². The van der Waals surface area contributed by atoms with E-state index in [9.17, 15) is 14.4 Å². The third-order valence-electron chi connectivity index (χ3n) is 5.91. The van der Waals surface area contributed by atoms with Crippen LogP contribution in [0.25, 0.3) is 0 Å². The summed E-state index contributed by atoms with van der Waals surface area (Å²) in [7, 11) is 1.56. The molecule has 0 aromatic heterocycles. The summed E-state index contributed by atoms with van der Waals surface area (Å²) < 4.78 is 5.14. The van der Waals surface area contributed by atoms with Gasteiger partial charge < -0.3 is 20.3 Å². The molecule has 174 valence electrons. The summed E-state index contributed by atoms with van der Waals surface area (Å²) in [6, 6.07) is 13.6. The van der Waals surface area contributed by atoms with Crippen LogP contribution in [0.15, 0.2) is 61.2 Å². The number of carbonyl (C=O) groups excluding carboxylic acids is 3. The van der Waals surface area contributed by atoms with Gasteiger partial charge in [0.25, 0.3) is 11.8 Å². The lowest BCUT2D eigenvalue weighted by Gasteiger charge is -2.36. The van der Waals surface area contributed by atoms with E-state index in [4.69, 9.17) is 4.74 Å². The molecule has 0 aliphatic carbocycles. The van der Waals surface area contributed by atoms with Gasteiger partial charge in [0, 0.05) is 30.8 Å². The van der Waals surface area contributed by atoms with Crippen LogP contribution in [0.5, 0.6) is 5.75 Å². The zero-order valence-electron chi connectivity index (χ0n) is 19.2. The van der Waals surface area contributed by atoms with Crippen molar-refractivity contribution in [3.8, 4) is 5.75 Å². The van der Waals surface area contributed by atoms with Crippen molar-refractivity contribution in [1.29, 1.82) is 0 Å². The number of rotatable bonds is 8. The van der Waals surface area contributed by atoms with E-state index in [2.05, 4.69) is 17.2 Å². The van der Waals surface area contributed by atoms with Gasteiger partial charge in [0.05, 0.1) is 7.11 Å². The molecular formula is C26H31N3O4. The Hall–Kier alpha value is -3.61. The molecule has 2 aromatic carbocycles. The van der Waals surface area contributed by atoms with Crippen molar-refractivity contribution < 1.29 is 19.1 Å². The van der Waals surface area contributed by atoms with Gasteiger partial charge in [-0.2, -0.15) is 0 Å². The molecule has 33 heavy (non-hydrogen) atoms. The molecule has 3 amide bonds. The minimum absolute atomic E-state index is 0.00734. The zero-order valence-corrected chi connectivity index (χ0v) is 19.2. The standard InChI is InChI=1S/C26H31N3O4/c1-4-14-27-25(31)23(28-24(30)20-8-10-22(33-3)11-9-20)19-12-15-29(16-13-19)26(32)21-7-5-6-18(2)17-21/h4-11,17,19,23H,1,12-16H2,2-3H3,(H,27,31)(H,28,30)/t23-/m1/s1. The Morgan fingerprint density at radius 1 is 1.12 bits per heavy atom. The molecule has 3 rings (SSSR count). The number of methoxy groups -OCH3 is 1. The first kappa shape index (κ1) is 24.0. The fraction of sp³-hybridized carbons (Fsp3) is 0.346. The highest BCUT2D eigenvalue weighted by Gasteiger charge is 2.34. The van der Waals surface area contributed by atoms with Crippen LogP contribution in [0.1, 0.15) is 39.1 Å². The van der Waals surface area contributed by atoms with Crippen LogP contribution >= 0.6 is 0 Å². The second kappa shape index (κ2) is 11.3. The lowest BCUT2D eigenvalue weighted by Crippen LogP contribution is -2.53. The molecule has 2 N–H and O–H groups in total. The van der Waals surface area contributed by atoms with Gasteiger partial charge in [0.15, 0.2) is 0 Å². The third kappa shape index (κ3) is 6.22. The van der Waals surface area contributed by atoms with E-state index in [-0.39, 0.29) is 23.6 Å². The number of aryl methyl sites for hydroxylation is 1. The number of hydrogen-bond acceptors (Lipinski definition) is 4. The fourth-order valence-electron chi connectivity index (χ4n) is 4.04. The fourth-order valence-corrected chi connectivity index (χ4v) is 4.04. The molecule has 0 bridgehead atoms. The van der Waals surface area contributed by atoms with E-state index in [1.807, 2.05) is 36.1 Å². The van der Waals surface area contributed by atoms with Crippen LogP contribution in [-0.4, -0.2) is 55.4 Å². The van der Waals surface area contributed by atoms with E-state index in [1.165, 1.54) is 0 Å². The van der Waals surface area contributed by atoms with E-state index in [0.29, 0.717) is 49.4 Å². The van der Waals surface area contributed by atoms with E-state index < -0.39 is 6.04 Å². The van der Waals surface area contributed by atoms with Crippen molar-refractivity contribution >= 4 is 17.7 Å². The average Bonchev–Trinajstić information content (AvgIpc) is 2.85. The molecule has 1 aliphatic rings. The number of likely N-dealkylation sites (tertiary alicyclic amines) is 1. The molecule has 1 heterocycles. The quantitative estimate of drug-likeness (QED) is 0.607. The lowest BCUT2D eigenvalue weighted by molar-refractivity contribution is -0.124. The summed E-state index contributed by atoms with van der Waals surface area (Å²) in [5.41, 5.74) is 2.15. The first-order valence-electron chi connectivity index (χ1n) is 11.1. The normalized spacial score (nSPS) is 14.8. The van der Waals surface area contributed by atoms with E-state index in [0.717, 1.165) is 5.56 Å². The Bertz CT molecular complexity index is 995. The van der Waals surface area contributed by atoms with Gasteiger partial charge in [-0.25, -0.2) is 0 Å². The highest BCUT2D eigenvalue weighted by Crippen LogP contribution is 2.23. The van der Waals surface area contributed by atoms with Crippen LogP contribution < -0.4 is 15.4 Å². The SMILES string of the molecule is C=CCNC(=O)[C@H](NC(=O)c1ccc(OC)cc1)C1CCN(C(=O)c2cccc(C)c2)CC1. The number of hydrogen-bond donors (Lipinski definition) is 2. The number of ether oxygens (including phenoxy) is 1. The highest BCUT2D eigenvalue weighted by molar-refractivity contribution is 5.98. The summed E-state index contributed by atoms with van der Waals surface area (Å²) in [6.45, 7) is 6.97. The Balaban J connectivity index is 1.68. The largest absolute Gasteiger partial charge is 0.497 e. The van der Waals surface area contributed by atoms with Crippen molar-refractivity contribution in [3.63, 3.8) is 0 Å². The van der Waals surface area contributed by atoms with Crippen LogP contribution in [-0.2, 0) is 4.79 Å². The Labute approximate surface area is 194 Å². The summed E-state index contributed by atoms with van der Waals surface area (Å²) in [5.74, 6) is -0.0157. The second-order valence-electron chi connectivity index (χ2n) is 8.21. The molecule has 0 unspecified atom stereocenters. The molecule has 0 saturated carbocycles. The Kier molecular flexibility index (Phi) is 8.24. The Morgan fingerprint density at radius 3 is 2.42 bits per heavy atom. The molecule has 7 nitrogen and oxygen atoms in total. The second-order valence-corrected chi connectivity index (χ2v) is 8.21. The first-order chi connectivity index (χ1) is 15.9. The smallest absolute Gasteiger partial charge is 0.253 e. The minimum atomic E-state index is -0.698. The van der Waals surface area contributed by atoms with Crippen molar-refractivity contribution in [2.75, 3.05) is 26.7 Å². The molecular weight excluding hydrogens is 418 g/mol. The van der Waals surface area contributed by atoms with Gasteiger partial charge in [0.1, 0.15) is 11.8 Å². The van der Waals surface area contributed by atoms with E-state index in [1.54, 1.807) is 37.5 Å². The van der Waals surface area contributed by atoms with Gasteiger partial charge in [-0.05, 0) is 62.1 Å². The topological polar surface area (TPSA) is 87.7 Å². The maximum atomic E-state index is 12.9. The number of nitrogens with zero attached hydrogens (tertiary/aromatic N) is 1. The number of benzene rings is 2. The summed E-state index contributed by atoms with van der Waals surface area (Å²) >= 11 is 0. The van der Waals surface area contributed by atoms with Crippen molar-refractivity contribution in [2.24, 2.45) is 5.92 Å². The van der Waals surface area contributed by atoms with Gasteiger partial charge in [-0.1, -0.05) is 23.8 Å². The molecule has 1 aliphatic heterocycles. The first-order valence-corrected chi connectivity index (χ1v) is 11.1. The van der Waals surface area contributed by atoms with Crippen LogP contribution in [0.2, 0.25) is 0 Å². The molecule has 1 atom stereocenters. The Morgan fingerprint density at radius 2 is 1.82 bits per heavy atom. The lowest BCUT2D eigenvalue weighted by atomic mass is 9.88. The number of amides is 3. The molecule has 1 fully saturated rings. The van der Waals surface area contributed by atoms with Crippen molar-refractivity contribution in [2.45, 2.75) is 25.8 Å². The molecule has 0 radical (unpaired) electrons. The summed E-state index contributed by atoms with van der Waals surface area (Å²) in [4.78, 5) is 40.4. The van der Waals surface area contributed by atoms with Gasteiger partial charge in [-0.3, -0.25) is 14.4 Å². The highest BCUT2D eigenvalue weighted by atomic mass is 16.5. The van der Waals surface area contributed by atoms with Crippen LogP contribution in [0.3, 0.4) is 0 Å². The molecule has 0 spiro atoms. The maximum Gasteiger partial charge on any atom is 0.253 e. The molecule has 1 saturated heterocycles. The molecule has 7 heteroatoms. The van der Waals surface area contributed by atoms with Crippen molar-refractivity contribution in [1.82, 2.24) is 15.5 Å². The average molecular weight is 450 g/mol. The summed E-state index contributed by atoms with van der Waals surface area (Å²) in [5, 5.41) is 5.70. The predicted molar refractivity (Wildman–Crippen MR) is 127 cm³/mol. The summed E-state index contributed by atoms with van der Waals surface area (Å²) in [6.07, 6.45) is 2.84. The monoisotopic (exact) mass is 449 g/mol. The number of nitrogens with one attached hydrogen (secondary N) is 2. The number of piperidine rings is 1. The minimum Gasteiger partial charge on any atom is -0.497 e. The van der Waals surface area contributed by atoms with Gasteiger partial charge in [-0.15, -0.1) is 6.58 Å². The van der Waals surface area contributed by atoms with Crippen LogP contribution in [0.4, 0.5) is 0 Å². The van der Waals surface area contributed by atoms with E-state index >= 15 is 0 Å². The predicted octanol–water partition coefficient (Wildman–Crippen LogP) is 2.96. The van der Waals surface area contributed by atoms with Gasteiger partial charge >= 0.3 is 0 Å². The van der Waals surface area contributed by atoms with Crippen LogP contribution in [0, 0.1) is 12.8 Å².